The molecule has 174 valence electrons. The van der Waals surface area contributed by atoms with Crippen LogP contribution in [0.4, 0.5) is 13.2 Å². The molecule has 10 heteroatoms. The Kier molecular flexibility index (Phi) is 7.26. The molecule has 1 atom stereocenters. The van der Waals surface area contributed by atoms with Crippen molar-refractivity contribution >= 4 is 15.9 Å². The lowest BCUT2D eigenvalue weighted by Crippen LogP contribution is -2.55. The number of nitrogens with zero attached hydrogens (tertiary/aromatic N) is 3. The van der Waals surface area contributed by atoms with Gasteiger partial charge in [-0.15, -0.1) is 0 Å². The van der Waals surface area contributed by atoms with Crippen LogP contribution in [-0.4, -0.2) is 67.7 Å². The van der Waals surface area contributed by atoms with E-state index in [9.17, 15) is 26.4 Å². The third-order valence-corrected chi connectivity index (χ3v) is 7.58. The smallest absolute Gasteiger partial charge is 0.340 e. The molecule has 0 spiro atoms. The van der Waals surface area contributed by atoms with E-state index in [0.717, 1.165) is 22.0 Å². The maximum absolute atomic E-state index is 13.3. The van der Waals surface area contributed by atoms with E-state index >= 15 is 0 Å². The number of likely N-dealkylation sites (N-methyl/N-ethyl adjacent to an activating group) is 1. The first-order valence-electron chi connectivity index (χ1n) is 10.2. The average Bonchev–Trinajstić information content (AvgIpc) is 2.78. The van der Waals surface area contributed by atoms with E-state index in [4.69, 9.17) is 0 Å². The maximum Gasteiger partial charge on any atom is 0.417 e. The Hall–Kier alpha value is -2.43. The highest BCUT2D eigenvalue weighted by Crippen LogP contribution is 2.35. The zero-order valence-corrected chi connectivity index (χ0v) is 18.7. The lowest BCUT2D eigenvalue weighted by Gasteiger charge is -2.38. The zero-order chi connectivity index (χ0) is 23.5. The minimum Gasteiger partial charge on any atom is -0.340 e. The first-order valence-corrected chi connectivity index (χ1v) is 11.6. The second-order valence-electron chi connectivity index (χ2n) is 7.79. The number of carbonyl (C=O) groups is 1. The van der Waals surface area contributed by atoms with Gasteiger partial charge >= 0.3 is 6.18 Å². The third kappa shape index (κ3) is 5.31. The lowest BCUT2D eigenvalue weighted by molar-refractivity contribution is -0.140. The van der Waals surface area contributed by atoms with Crippen molar-refractivity contribution in [2.24, 2.45) is 0 Å². The normalized spacial score (nSPS) is 17.2. The van der Waals surface area contributed by atoms with Gasteiger partial charge in [-0.2, -0.15) is 17.5 Å². The van der Waals surface area contributed by atoms with Crippen LogP contribution in [0.5, 0.6) is 0 Å². The van der Waals surface area contributed by atoms with Crippen LogP contribution in [0, 0.1) is 0 Å². The van der Waals surface area contributed by atoms with Crippen LogP contribution in [-0.2, 0) is 27.5 Å². The van der Waals surface area contributed by atoms with Crippen molar-refractivity contribution in [1.29, 1.82) is 0 Å². The van der Waals surface area contributed by atoms with Crippen molar-refractivity contribution in [2.75, 3.05) is 33.2 Å². The molecule has 0 saturated carbocycles. The number of sulfonamides is 1. The molecule has 6 nitrogen and oxygen atoms in total. The molecule has 1 amide bonds. The third-order valence-electron chi connectivity index (χ3n) is 5.63. The number of carbonyl (C=O) groups excluding carboxylic acids is 1. The maximum atomic E-state index is 13.3. The molecule has 0 aromatic heterocycles. The van der Waals surface area contributed by atoms with Gasteiger partial charge in [0.25, 0.3) is 0 Å². The summed E-state index contributed by atoms with van der Waals surface area (Å²) in [6, 6.07) is 13.3. The van der Waals surface area contributed by atoms with Crippen molar-refractivity contribution in [3.05, 3.63) is 65.7 Å². The van der Waals surface area contributed by atoms with Gasteiger partial charge in [0, 0.05) is 39.8 Å². The Morgan fingerprint density at radius 2 is 1.56 bits per heavy atom. The summed E-state index contributed by atoms with van der Waals surface area (Å²) in [5.41, 5.74) is -0.177. The van der Waals surface area contributed by atoms with Gasteiger partial charge in [-0.1, -0.05) is 42.5 Å². The highest BCUT2D eigenvalue weighted by molar-refractivity contribution is 7.89. The van der Waals surface area contributed by atoms with Gasteiger partial charge in [0.15, 0.2) is 0 Å². The molecule has 1 heterocycles. The largest absolute Gasteiger partial charge is 0.417 e. The molecule has 1 saturated heterocycles. The number of amides is 1. The second kappa shape index (κ2) is 9.60. The van der Waals surface area contributed by atoms with Gasteiger partial charge in [-0.05, 0) is 24.6 Å². The molecule has 2 aromatic carbocycles. The standard InChI is InChI=1S/C22H26F3N3O3S/c1-17(21(29)26(2)16-18-8-4-3-5-9-18)27-12-14-28(15-13-27)32(30,31)20-11-7-6-10-19(20)22(23,24)25/h3-11,17H,12-16H2,1-2H3. The summed E-state index contributed by atoms with van der Waals surface area (Å²) in [4.78, 5) is 15.6. The van der Waals surface area contributed by atoms with E-state index in [2.05, 4.69) is 0 Å². The zero-order valence-electron chi connectivity index (χ0n) is 17.9. The van der Waals surface area contributed by atoms with E-state index in [1.54, 1.807) is 18.9 Å². The Morgan fingerprint density at radius 3 is 2.16 bits per heavy atom. The van der Waals surface area contributed by atoms with Gasteiger partial charge in [0.1, 0.15) is 0 Å². The Labute approximate surface area is 186 Å². The van der Waals surface area contributed by atoms with E-state index in [-0.39, 0.29) is 32.1 Å². The van der Waals surface area contributed by atoms with Crippen LogP contribution in [0.3, 0.4) is 0 Å². The number of hydrogen-bond donors (Lipinski definition) is 0. The summed E-state index contributed by atoms with van der Waals surface area (Å²) in [5.74, 6) is -0.104. The molecule has 1 fully saturated rings. The van der Waals surface area contributed by atoms with Crippen molar-refractivity contribution < 1.29 is 26.4 Å². The Morgan fingerprint density at radius 1 is 1.00 bits per heavy atom. The molecule has 0 bridgehead atoms. The van der Waals surface area contributed by atoms with Gasteiger partial charge in [-0.25, -0.2) is 8.42 Å². The summed E-state index contributed by atoms with van der Waals surface area (Å²) in [6.45, 7) is 2.72. The molecule has 1 aliphatic heterocycles. The van der Waals surface area contributed by atoms with Crippen molar-refractivity contribution in [2.45, 2.75) is 30.6 Å². The Balaban J connectivity index is 1.65. The fourth-order valence-electron chi connectivity index (χ4n) is 3.81. The monoisotopic (exact) mass is 469 g/mol. The first kappa shape index (κ1) is 24.2. The minimum atomic E-state index is -4.77. The van der Waals surface area contributed by atoms with Crippen LogP contribution in [0.15, 0.2) is 59.5 Å². The van der Waals surface area contributed by atoms with E-state index in [1.807, 2.05) is 35.2 Å². The van der Waals surface area contributed by atoms with Gasteiger partial charge in [0.05, 0.1) is 16.5 Å². The van der Waals surface area contributed by atoms with Crippen LogP contribution >= 0.6 is 0 Å². The molecule has 1 aliphatic rings. The van der Waals surface area contributed by atoms with E-state index in [0.29, 0.717) is 6.54 Å². The minimum absolute atomic E-state index is 0.00848. The van der Waals surface area contributed by atoms with Crippen LogP contribution in [0.25, 0.3) is 0 Å². The molecule has 0 radical (unpaired) electrons. The molecular weight excluding hydrogens is 443 g/mol. The van der Waals surface area contributed by atoms with Crippen LogP contribution in [0.1, 0.15) is 18.1 Å². The molecule has 1 unspecified atom stereocenters. The number of benzene rings is 2. The topological polar surface area (TPSA) is 60.9 Å². The van der Waals surface area contributed by atoms with Crippen molar-refractivity contribution in [1.82, 2.24) is 14.1 Å². The van der Waals surface area contributed by atoms with Crippen molar-refractivity contribution in [3.8, 4) is 0 Å². The van der Waals surface area contributed by atoms with Crippen LogP contribution in [0.2, 0.25) is 0 Å². The van der Waals surface area contributed by atoms with Crippen molar-refractivity contribution in [3.63, 3.8) is 0 Å². The summed E-state index contributed by atoms with van der Waals surface area (Å²) in [6.07, 6.45) is -4.77. The average molecular weight is 470 g/mol. The van der Waals surface area contributed by atoms with E-state index in [1.165, 1.54) is 12.1 Å². The lowest BCUT2D eigenvalue weighted by atomic mass is 10.2. The van der Waals surface area contributed by atoms with Crippen LogP contribution < -0.4 is 0 Å². The van der Waals surface area contributed by atoms with Gasteiger partial charge < -0.3 is 4.90 Å². The quantitative estimate of drug-likeness (QED) is 0.653. The molecule has 3 rings (SSSR count). The number of piperazine rings is 1. The van der Waals surface area contributed by atoms with Gasteiger partial charge in [-0.3, -0.25) is 9.69 Å². The SMILES string of the molecule is CC(C(=O)N(C)Cc1ccccc1)N1CCN(S(=O)(=O)c2ccccc2C(F)(F)F)CC1. The molecular formula is C22H26F3N3O3S. The predicted octanol–water partition coefficient (Wildman–Crippen LogP) is 3.06. The fraction of sp³-hybridized carbons (Fsp3) is 0.409. The van der Waals surface area contributed by atoms with Gasteiger partial charge in [0.2, 0.25) is 15.9 Å². The number of rotatable bonds is 6. The number of hydrogen-bond acceptors (Lipinski definition) is 4. The number of alkyl halides is 3. The summed E-state index contributed by atoms with van der Waals surface area (Å²) in [5, 5.41) is 0. The first-order chi connectivity index (χ1) is 15.0. The molecule has 0 aliphatic carbocycles. The Bertz CT molecular complexity index is 1040. The fourth-order valence-corrected chi connectivity index (χ4v) is 5.44. The molecule has 0 N–H and O–H groups in total. The molecule has 2 aromatic rings. The number of halogens is 3. The molecule has 32 heavy (non-hydrogen) atoms. The highest BCUT2D eigenvalue weighted by Gasteiger charge is 2.40. The summed E-state index contributed by atoms with van der Waals surface area (Å²) in [7, 11) is -2.60. The second-order valence-corrected chi connectivity index (χ2v) is 9.70. The van der Waals surface area contributed by atoms with E-state index < -0.39 is 32.7 Å². The highest BCUT2D eigenvalue weighted by atomic mass is 32.2. The summed E-state index contributed by atoms with van der Waals surface area (Å²) >= 11 is 0. The summed E-state index contributed by atoms with van der Waals surface area (Å²) < 4.78 is 66.8. The predicted molar refractivity (Wildman–Crippen MR) is 114 cm³/mol.